The van der Waals surface area contributed by atoms with Crippen molar-refractivity contribution in [3.8, 4) is 11.5 Å². The second kappa shape index (κ2) is 10.8. The summed E-state index contributed by atoms with van der Waals surface area (Å²) in [6.07, 6.45) is 0. The van der Waals surface area contributed by atoms with Crippen molar-refractivity contribution in [2.24, 2.45) is 0 Å². The van der Waals surface area contributed by atoms with Crippen LogP contribution in [0.5, 0.6) is 11.5 Å². The van der Waals surface area contributed by atoms with Crippen LogP contribution in [-0.4, -0.2) is 65.8 Å². The molecule has 0 bridgehead atoms. The Bertz CT molecular complexity index is 879. The summed E-state index contributed by atoms with van der Waals surface area (Å²) in [6, 6.07) is 14.9. The molecule has 166 valence electrons. The van der Waals surface area contributed by atoms with E-state index in [4.69, 9.17) is 9.47 Å². The van der Waals surface area contributed by atoms with Gasteiger partial charge in [0.2, 0.25) is 0 Å². The van der Waals surface area contributed by atoms with E-state index in [2.05, 4.69) is 17.7 Å². The number of hydrogen-bond acceptors (Lipinski definition) is 4. The molecule has 0 saturated carbocycles. The van der Waals surface area contributed by atoms with E-state index >= 15 is 0 Å². The van der Waals surface area contributed by atoms with Gasteiger partial charge in [0.15, 0.2) is 0 Å². The van der Waals surface area contributed by atoms with Crippen molar-refractivity contribution in [3.63, 3.8) is 0 Å². The van der Waals surface area contributed by atoms with Crippen LogP contribution >= 0.6 is 0 Å². The first-order chi connectivity index (χ1) is 15.0. The fourth-order valence-electron chi connectivity index (χ4n) is 3.84. The monoisotopic (exact) mass is 428 g/mol. The maximum atomic E-state index is 12.5. The fraction of sp³-hybridized carbons (Fsp3) is 0.391. The van der Waals surface area contributed by atoms with Crippen LogP contribution in [0, 0.1) is 0 Å². The molecule has 1 fully saturated rings. The normalized spacial score (nSPS) is 19.2. The van der Waals surface area contributed by atoms with Crippen LogP contribution in [0.3, 0.4) is 0 Å². The van der Waals surface area contributed by atoms with E-state index in [1.807, 2.05) is 24.3 Å². The van der Waals surface area contributed by atoms with Crippen molar-refractivity contribution in [3.05, 3.63) is 54.1 Å². The van der Waals surface area contributed by atoms with Gasteiger partial charge in [-0.15, -0.1) is 0 Å². The summed E-state index contributed by atoms with van der Waals surface area (Å²) in [5.41, 5.74) is 1.63. The number of likely N-dealkylation sites (N-methyl/N-ethyl adjacent to an activating group) is 1. The Kier molecular flexibility index (Phi) is 7.86. The summed E-state index contributed by atoms with van der Waals surface area (Å²) in [4.78, 5) is 27.8. The molecule has 0 aromatic heterocycles. The predicted octanol–water partition coefficient (Wildman–Crippen LogP) is -1.09. The molecule has 1 saturated heterocycles. The minimum absolute atomic E-state index is 0.0626. The molecule has 4 N–H and O–H groups in total. The molecule has 2 amide bonds. The smallest absolute Gasteiger partial charge is 0.313 e. The molecule has 2 aromatic rings. The van der Waals surface area contributed by atoms with Crippen molar-refractivity contribution < 1.29 is 28.9 Å². The van der Waals surface area contributed by atoms with Gasteiger partial charge < -0.3 is 29.9 Å². The highest BCUT2D eigenvalue weighted by molar-refractivity contribution is 6.39. The average Bonchev–Trinajstić information content (AvgIpc) is 2.80. The third-order valence-corrected chi connectivity index (χ3v) is 5.76. The zero-order valence-electron chi connectivity index (χ0n) is 18.4. The summed E-state index contributed by atoms with van der Waals surface area (Å²) in [6.45, 7) is 4.55. The van der Waals surface area contributed by atoms with Crippen molar-refractivity contribution in [2.75, 3.05) is 59.3 Å². The molecule has 0 aliphatic carbocycles. The lowest BCUT2D eigenvalue weighted by atomic mass is 10.0. The van der Waals surface area contributed by atoms with Gasteiger partial charge in [0, 0.05) is 17.3 Å². The molecule has 1 aliphatic heterocycles. The van der Waals surface area contributed by atoms with Crippen molar-refractivity contribution in [1.29, 1.82) is 0 Å². The van der Waals surface area contributed by atoms with Crippen molar-refractivity contribution >= 4 is 17.5 Å². The lowest BCUT2D eigenvalue weighted by Crippen LogP contribution is -3.27. The van der Waals surface area contributed by atoms with Crippen LogP contribution in [0.25, 0.3) is 0 Å². The lowest BCUT2D eigenvalue weighted by Gasteiger charge is -2.33. The first-order valence-corrected chi connectivity index (χ1v) is 10.5. The maximum absolute atomic E-state index is 12.5. The lowest BCUT2D eigenvalue weighted by molar-refractivity contribution is -1.02. The molecule has 8 nitrogen and oxygen atoms in total. The summed E-state index contributed by atoms with van der Waals surface area (Å²) in [5.74, 6) is 0.0561. The van der Waals surface area contributed by atoms with E-state index in [0.717, 1.165) is 37.5 Å². The van der Waals surface area contributed by atoms with Crippen molar-refractivity contribution in [1.82, 2.24) is 5.32 Å². The van der Waals surface area contributed by atoms with Crippen LogP contribution in [0.15, 0.2) is 48.5 Å². The van der Waals surface area contributed by atoms with Gasteiger partial charge >= 0.3 is 11.8 Å². The fourth-order valence-corrected chi connectivity index (χ4v) is 3.84. The number of carbonyl (C=O) groups is 2. The number of rotatable bonds is 7. The Hall–Kier alpha value is -3.10. The van der Waals surface area contributed by atoms with Gasteiger partial charge in [-0.05, 0) is 36.4 Å². The van der Waals surface area contributed by atoms with E-state index < -0.39 is 11.8 Å². The van der Waals surface area contributed by atoms with Gasteiger partial charge in [-0.1, -0.05) is 6.07 Å². The molecule has 8 heteroatoms. The summed E-state index contributed by atoms with van der Waals surface area (Å²) in [5, 5.41) is 5.45. The Morgan fingerprint density at radius 2 is 1.61 bits per heavy atom. The minimum atomic E-state index is -0.695. The quantitative estimate of drug-likeness (QED) is 0.423. The van der Waals surface area contributed by atoms with Gasteiger partial charge in [-0.25, -0.2) is 0 Å². The largest absolute Gasteiger partial charge is 0.497 e. The van der Waals surface area contributed by atoms with Gasteiger partial charge in [0.25, 0.3) is 0 Å². The number of carbonyl (C=O) groups excluding carboxylic acids is 2. The second-order valence-corrected chi connectivity index (χ2v) is 7.84. The molecular formula is C23H32N4O4+2. The zero-order chi connectivity index (χ0) is 22.2. The average molecular weight is 429 g/mol. The zero-order valence-corrected chi connectivity index (χ0v) is 18.4. The summed E-state index contributed by atoms with van der Waals surface area (Å²) >= 11 is 0. The molecule has 0 spiro atoms. The molecule has 3 rings (SSSR count). The third-order valence-electron chi connectivity index (χ3n) is 5.76. The van der Waals surface area contributed by atoms with Crippen LogP contribution in [0.4, 0.5) is 5.69 Å². The first kappa shape index (κ1) is 22.6. The number of methoxy groups -OCH3 is 2. The van der Waals surface area contributed by atoms with Crippen LogP contribution in [0.2, 0.25) is 0 Å². The van der Waals surface area contributed by atoms with Crippen LogP contribution < -0.4 is 29.9 Å². The SMILES string of the molecule is COc1ccc([C@H](CNC(=O)C(=O)Nc2cccc(OC)c2)[NH+]2CC[NH+](C)CC2)cc1. The van der Waals surface area contributed by atoms with Crippen molar-refractivity contribution in [2.45, 2.75) is 6.04 Å². The van der Waals surface area contributed by atoms with E-state index in [1.165, 1.54) is 9.80 Å². The maximum Gasteiger partial charge on any atom is 0.313 e. The molecule has 0 radical (unpaired) electrons. The summed E-state index contributed by atoms with van der Waals surface area (Å²) in [7, 11) is 5.39. The molecule has 0 unspecified atom stereocenters. The first-order valence-electron chi connectivity index (χ1n) is 10.5. The topological polar surface area (TPSA) is 85.5 Å². The van der Waals surface area contributed by atoms with Crippen LogP contribution in [-0.2, 0) is 9.59 Å². The highest BCUT2D eigenvalue weighted by atomic mass is 16.5. The molecule has 2 aromatic carbocycles. The molecule has 1 aliphatic rings. The highest BCUT2D eigenvalue weighted by Crippen LogP contribution is 2.17. The van der Waals surface area contributed by atoms with Gasteiger partial charge in [-0.3, -0.25) is 9.59 Å². The van der Waals surface area contributed by atoms with E-state index in [9.17, 15) is 9.59 Å². The van der Waals surface area contributed by atoms with Crippen LogP contribution in [0.1, 0.15) is 11.6 Å². The number of quaternary nitrogens is 2. The number of anilines is 1. The number of hydrogen-bond donors (Lipinski definition) is 4. The Morgan fingerprint density at radius 1 is 0.935 bits per heavy atom. The molecule has 31 heavy (non-hydrogen) atoms. The number of benzene rings is 2. The number of nitrogens with one attached hydrogen (secondary N) is 4. The van der Waals surface area contributed by atoms with E-state index in [0.29, 0.717) is 18.0 Å². The van der Waals surface area contributed by atoms with Gasteiger partial charge in [0.1, 0.15) is 43.7 Å². The molecule has 1 heterocycles. The molecular weight excluding hydrogens is 396 g/mol. The third kappa shape index (κ3) is 6.19. The van der Waals surface area contributed by atoms with Gasteiger partial charge in [-0.2, -0.15) is 0 Å². The van der Waals surface area contributed by atoms with E-state index in [1.54, 1.807) is 38.5 Å². The number of ether oxygens (including phenoxy) is 2. The minimum Gasteiger partial charge on any atom is -0.497 e. The number of amides is 2. The van der Waals surface area contributed by atoms with E-state index in [-0.39, 0.29) is 6.04 Å². The Morgan fingerprint density at radius 3 is 2.26 bits per heavy atom. The highest BCUT2D eigenvalue weighted by Gasteiger charge is 2.30. The Balaban J connectivity index is 1.65. The summed E-state index contributed by atoms with van der Waals surface area (Å²) < 4.78 is 10.4. The van der Waals surface area contributed by atoms with Gasteiger partial charge in [0.05, 0.1) is 27.8 Å². The Labute approximate surface area is 183 Å². The predicted molar refractivity (Wildman–Crippen MR) is 118 cm³/mol. The number of piperazine rings is 1. The second-order valence-electron chi connectivity index (χ2n) is 7.84. The molecule has 1 atom stereocenters. The standard InChI is InChI=1S/C23H30N4O4/c1-26-11-13-27(14-12-26)21(17-7-9-19(30-2)10-8-17)16-24-22(28)23(29)25-18-5-4-6-20(15-18)31-3/h4-10,15,21H,11-14,16H2,1-3H3,(H,24,28)(H,25,29)/p+2/t21-/m0/s1.